The summed E-state index contributed by atoms with van der Waals surface area (Å²) in [5.41, 5.74) is 6.91. The van der Waals surface area contributed by atoms with Gasteiger partial charge in [-0.25, -0.2) is 0 Å². The van der Waals surface area contributed by atoms with E-state index in [4.69, 9.17) is 10.8 Å². The Hall–Kier alpha value is -2.63. The van der Waals surface area contributed by atoms with E-state index in [0.717, 1.165) is 10.9 Å². The monoisotopic (exact) mass is 287 g/mol. The zero-order valence-electron chi connectivity index (χ0n) is 11.7. The molecule has 0 saturated carbocycles. The highest BCUT2D eigenvalue weighted by Gasteiger charge is 2.17. The number of pyridine rings is 1. The van der Waals surface area contributed by atoms with Crippen molar-refractivity contribution in [3.63, 3.8) is 0 Å². The molecule has 0 saturated heterocycles. The minimum absolute atomic E-state index is 0.0364. The third-order valence-electron chi connectivity index (χ3n) is 3.30. The summed E-state index contributed by atoms with van der Waals surface area (Å²) in [5.74, 6) is -1.49. The van der Waals surface area contributed by atoms with Crippen LogP contribution >= 0.6 is 0 Å². The Morgan fingerprint density at radius 1 is 1.38 bits per heavy atom. The van der Waals surface area contributed by atoms with E-state index < -0.39 is 11.9 Å². The van der Waals surface area contributed by atoms with Crippen LogP contribution in [0.25, 0.3) is 10.9 Å². The normalized spacial score (nSPS) is 12.0. The molecule has 2 aromatic rings. The van der Waals surface area contributed by atoms with Gasteiger partial charge in [0.05, 0.1) is 23.2 Å². The fourth-order valence-corrected chi connectivity index (χ4v) is 2.20. The van der Waals surface area contributed by atoms with Crippen molar-refractivity contribution >= 4 is 28.5 Å². The van der Waals surface area contributed by atoms with E-state index in [-0.39, 0.29) is 18.0 Å². The van der Waals surface area contributed by atoms with Gasteiger partial charge in [-0.1, -0.05) is 25.1 Å². The van der Waals surface area contributed by atoms with Gasteiger partial charge in [-0.3, -0.25) is 14.6 Å². The second-order valence-electron chi connectivity index (χ2n) is 4.78. The molecule has 0 bridgehead atoms. The van der Waals surface area contributed by atoms with Crippen molar-refractivity contribution < 1.29 is 14.7 Å². The van der Waals surface area contributed by atoms with Gasteiger partial charge < -0.3 is 16.2 Å². The number of primary amides is 1. The first kappa shape index (κ1) is 14.8. The quantitative estimate of drug-likeness (QED) is 0.753. The van der Waals surface area contributed by atoms with Gasteiger partial charge in [0.2, 0.25) is 0 Å². The summed E-state index contributed by atoms with van der Waals surface area (Å²) in [5, 5.41) is 12.8. The summed E-state index contributed by atoms with van der Waals surface area (Å²) in [6.07, 6.45) is 1.99. The Kier molecular flexibility index (Phi) is 4.37. The van der Waals surface area contributed by atoms with E-state index in [1.165, 1.54) is 6.20 Å². The van der Waals surface area contributed by atoms with E-state index >= 15 is 0 Å². The Morgan fingerprint density at radius 2 is 2.10 bits per heavy atom. The Bertz CT molecular complexity index is 685. The van der Waals surface area contributed by atoms with E-state index in [2.05, 4.69) is 10.3 Å². The highest BCUT2D eigenvalue weighted by molar-refractivity contribution is 6.06. The summed E-state index contributed by atoms with van der Waals surface area (Å²) >= 11 is 0. The van der Waals surface area contributed by atoms with Crippen molar-refractivity contribution in [1.82, 2.24) is 4.98 Å². The van der Waals surface area contributed by atoms with E-state index in [1.807, 2.05) is 31.2 Å². The van der Waals surface area contributed by atoms with Crippen LogP contribution < -0.4 is 11.1 Å². The van der Waals surface area contributed by atoms with Crippen molar-refractivity contribution in [3.05, 3.63) is 36.0 Å². The zero-order valence-corrected chi connectivity index (χ0v) is 11.7. The van der Waals surface area contributed by atoms with Crippen LogP contribution in [0.5, 0.6) is 0 Å². The van der Waals surface area contributed by atoms with E-state index in [9.17, 15) is 9.59 Å². The zero-order chi connectivity index (χ0) is 15.4. The molecule has 1 atom stereocenters. The van der Waals surface area contributed by atoms with Gasteiger partial charge in [0, 0.05) is 17.6 Å². The first-order chi connectivity index (χ1) is 10.0. The van der Waals surface area contributed by atoms with Crippen LogP contribution in [-0.2, 0) is 4.79 Å². The second-order valence-corrected chi connectivity index (χ2v) is 4.78. The maximum atomic E-state index is 11.6. The lowest BCUT2D eigenvalue weighted by molar-refractivity contribution is -0.137. The van der Waals surface area contributed by atoms with Gasteiger partial charge in [0.15, 0.2) is 0 Å². The van der Waals surface area contributed by atoms with Gasteiger partial charge in [0.25, 0.3) is 5.91 Å². The number of nitrogens with one attached hydrogen (secondary N) is 1. The van der Waals surface area contributed by atoms with Crippen molar-refractivity contribution in [2.24, 2.45) is 5.73 Å². The molecule has 0 radical (unpaired) electrons. The topological polar surface area (TPSA) is 105 Å². The SMILES string of the molecule is CCC(CC(=O)O)Nc1c(C(N)=O)cnc2ccccc12. The predicted molar refractivity (Wildman–Crippen MR) is 80.2 cm³/mol. The number of rotatable bonds is 6. The molecule has 6 heteroatoms. The number of hydrogen-bond donors (Lipinski definition) is 3. The van der Waals surface area contributed by atoms with Crippen molar-refractivity contribution in [2.75, 3.05) is 5.32 Å². The van der Waals surface area contributed by atoms with Crippen molar-refractivity contribution in [2.45, 2.75) is 25.8 Å². The average Bonchev–Trinajstić information content (AvgIpc) is 2.45. The van der Waals surface area contributed by atoms with Crippen molar-refractivity contribution in [1.29, 1.82) is 0 Å². The molecule has 1 amide bonds. The van der Waals surface area contributed by atoms with Crippen LogP contribution in [0.15, 0.2) is 30.5 Å². The predicted octanol–water partition coefficient (Wildman–Crippen LogP) is 2.00. The lowest BCUT2D eigenvalue weighted by atomic mass is 10.1. The Morgan fingerprint density at radius 3 is 2.71 bits per heavy atom. The van der Waals surface area contributed by atoms with Crippen LogP contribution in [0.1, 0.15) is 30.1 Å². The van der Waals surface area contributed by atoms with Crippen LogP contribution in [0.2, 0.25) is 0 Å². The first-order valence-electron chi connectivity index (χ1n) is 6.68. The van der Waals surface area contributed by atoms with Gasteiger partial charge in [0.1, 0.15) is 0 Å². The van der Waals surface area contributed by atoms with Crippen molar-refractivity contribution in [3.8, 4) is 0 Å². The molecule has 6 nitrogen and oxygen atoms in total. The Labute approximate surface area is 122 Å². The lowest BCUT2D eigenvalue weighted by Gasteiger charge is -2.19. The number of nitrogens with two attached hydrogens (primary N) is 1. The minimum Gasteiger partial charge on any atom is -0.481 e. The maximum Gasteiger partial charge on any atom is 0.305 e. The number of aromatic nitrogens is 1. The van der Waals surface area contributed by atoms with Gasteiger partial charge in [-0.15, -0.1) is 0 Å². The molecule has 0 aliphatic rings. The third-order valence-corrected chi connectivity index (χ3v) is 3.30. The summed E-state index contributed by atoms with van der Waals surface area (Å²) < 4.78 is 0. The summed E-state index contributed by atoms with van der Waals surface area (Å²) in [6, 6.07) is 7.04. The number of hydrogen-bond acceptors (Lipinski definition) is 4. The van der Waals surface area contributed by atoms with Crippen LogP contribution in [0.3, 0.4) is 0 Å². The molecule has 0 spiro atoms. The molecule has 1 heterocycles. The molecular weight excluding hydrogens is 270 g/mol. The second kappa shape index (κ2) is 6.21. The molecule has 1 aromatic carbocycles. The largest absolute Gasteiger partial charge is 0.481 e. The van der Waals surface area contributed by atoms with Gasteiger partial charge in [-0.2, -0.15) is 0 Å². The van der Waals surface area contributed by atoms with Gasteiger partial charge >= 0.3 is 5.97 Å². The molecule has 0 fully saturated rings. The molecular formula is C15H17N3O3. The molecule has 4 N–H and O–H groups in total. The number of amides is 1. The summed E-state index contributed by atoms with van der Waals surface area (Å²) in [4.78, 5) is 26.7. The number of fused-ring (bicyclic) bond motifs is 1. The van der Waals surface area contributed by atoms with E-state index in [0.29, 0.717) is 12.1 Å². The van der Waals surface area contributed by atoms with Crippen LogP contribution in [-0.4, -0.2) is 28.0 Å². The molecule has 1 aromatic heterocycles. The number of anilines is 1. The molecule has 0 aliphatic carbocycles. The van der Waals surface area contributed by atoms with Gasteiger partial charge in [-0.05, 0) is 12.5 Å². The number of para-hydroxylation sites is 1. The standard InChI is InChI=1S/C15H17N3O3/c1-2-9(7-13(19)20)18-14-10-5-3-4-6-12(10)17-8-11(14)15(16)21/h3-6,8-9H,2,7H2,1H3,(H2,16,21)(H,17,18)(H,19,20). The number of carboxylic acid groups (broad SMARTS) is 1. The highest BCUT2D eigenvalue weighted by atomic mass is 16.4. The first-order valence-corrected chi connectivity index (χ1v) is 6.68. The van der Waals surface area contributed by atoms with Crippen LogP contribution in [0.4, 0.5) is 5.69 Å². The number of carbonyl (C=O) groups is 2. The average molecular weight is 287 g/mol. The highest BCUT2D eigenvalue weighted by Crippen LogP contribution is 2.27. The Balaban J connectivity index is 2.50. The number of aliphatic carboxylic acids is 1. The lowest BCUT2D eigenvalue weighted by Crippen LogP contribution is -2.25. The van der Waals surface area contributed by atoms with E-state index in [1.54, 1.807) is 0 Å². The third kappa shape index (κ3) is 3.28. The number of carboxylic acids is 1. The fourth-order valence-electron chi connectivity index (χ4n) is 2.20. The number of benzene rings is 1. The molecule has 110 valence electrons. The smallest absolute Gasteiger partial charge is 0.305 e. The number of nitrogens with zero attached hydrogens (tertiary/aromatic N) is 1. The fraction of sp³-hybridized carbons (Fsp3) is 0.267. The number of carbonyl (C=O) groups excluding carboxylic acids is 1. The maximum absolute atomic E-state index is 11.6. The molecule has 2 rings (SSSR count). The van der Waals surface area contributed by atoms with Crippen LogP contribution in [0, 0.1) is 0 Å². The summed E-state index contributed by atoms with van der Waals surface area (Å²) in [7, 11) is 0. The molecule has 1 unspecified atom stereocenters. The summed E-state index contributed by atoms with van der Waals surface area (Å²) in [6.45, 7) is 1.88. The minimum atomic E-state index is -0.895. The molecule has 21 heavy (non-hydrogen) atoms. The molecule has 0 aliphatic heterocycles.